The lowest BCUT2D eigenvalue weighted by atomic mass is 9.89. The van der Waals surface area contributed by atoms with E-state index >= 15 is 0 Å². The van der Waals surface area contributed by atoms with Crippen molar-refractivity contribution in [2.24, 2.45) is 5.92 Å². The number of aromatic amines is 1. The van der Waals surface area contributed by atoms with Gasteiger partial charge in [0.25, 0.3) is 0 Å². The number of aryl methyl sites for hydroxylation is 2. The van der Waals surface area contributed by atoms with Crippen molar-refractivity contribution in [3.05, 3.63) is 52.6 Å². The van der Waals surface area contributed by atoms with E-state index in [0.717, 1.165) is 55.1 Å². The van der Waals surface area contributed by atoms with E-state index in [2.05, 4.69) is 9.97 Å². The number of carbonyl (C=O) groups is 1. The van der Waals surface area contributed by atoms with Crippen molar-refractivity contribution in [1.82, 2.24) is 14.9 Å². The number of rotatable bonds is 5. The van der Waals surface area contributed by atoms with Crippen LogP contribution in [-0.4, -0.2) is 34.4 Å². The van der Waals surface area contributed by atoms with Gasteiger partial charge in [0.2, 0.25) is 5.91 Å². The fourth-order valence-corrected chi connectivity index (χ4v) is 3.33. The summed E-state index contributed by atoms with van der Waals surface area (Å²) in [5.74, 6) is 0.338. The first-order chi connectivity index (χ1) is 11.1. The molecule has 1 N–H and O–H groups in total. The number of aromatic nitrogens is 2. The summed E-state index contributed by atoms with van der Waals surface area (Å²) in [6.45, 7) is 0.786. The van der Waals surface area contributed by atoms with Crippen LogP contribution in [-0.2, 0) is 24.1 Å². The van der Waals surface area contributed by atoms with Gasteiger partial charge in [-0.2, -0.15) is 0 Å². The molecule has 6 heteroatoms. The van der Waals surface area contributed by atoms with Gasteiger partial charge >= 0.3 is 0 Å². The maximum Gasteiger partial charge on any atom is 0.225 e. The highest BCUT2D eigenvalue weighted by molar-refractivity contribution is 6.30. The predicted molar refractivity (Wildman–Crippen MR) is 101 cm³/mol. The minimum absolute atomic E-state index is 0. The normalized spacial score (nSPS) is 16.2. The number of benzene rings is 1. The molecule has 1 unspecified atom stereocenters. The minimum Gasteiger partial charge on any atom is -0.348 e. The van der Waals surface area contributed by atoms with E-state index in [1.54, 1.807) is 6.33 Å². The second-order valence-electron chi connectivity index (χ2n) is 6.26. The van der Waals surface area contributed by atoms with Crippen LogP contribution in [0.25, 0.3) is 0 Å². The molecule has 0 radical (unpaired) electrons. The van der Waals surface area contributed by atoms with Crippen molar-refractivity contribution >= 4 is 29.9 Å². The number of carbonyl (C=O) groups excluding carboxylic acids is 1. The molecule has 1 aliphatic carbocycles. The Bertz CT molecular complexity index is 675. The van der Waals surface area contributed by atoms with Crippen molar-refractivity contribution in [1.29, 1.82) is 0 Å². The molecule has 132 valence electrons. The lowest BCUT2D eigenvalue weighted by molar-refractivity contribution is -0.134. The van der Waals surface area contributed by atoms with Crippen LogP contribution in [0.3, 0.4) is 0 Å². The van der Waals surface area contributed by atoms with Gasteiger partial charge in [0.15, 0.2) is 0 Å². The van der Waals surface area contributed by atoms with Gasteiger partial charge < -0.3 is 9.88 Å². The van der Waals surface area contributed by atoms with E-state index in [1.807, 2.05) is 36.2 Å². The van der Waals surface area contributed by atoms with Crippen LogP contribution < -0.4 is 0 Å². The van der Waals surface area contributed by atoms with Crippen molar-refractivity contribution in [2.45, 2.75) is 32.1 Å². The average Bonchev–Trinajstić information content (AvgIpc) is 3.03. The first-order valence-electron chi connectivity index (χ1n) is 8.14. The number of nitrogens with zero attached hydrogens (tertiary/aromatic N) is 2. The minimum atomic E-state index is 0. The topological polar surface area (TPSA) is 49.0 Å². The molecular formula is C18H25Cl2N3O. The van der Waals surface area contributed by atoms with Crippen LogP contribution in [0.4, 0.5) is 0 Å². The van der Waals surface area contributed by atoms with Crippen LogP contribution in [0.2, 0.25) is 5.02 Å². The van der Waals surface area contributed by atoms with E-state index in [1.165, 1.54) is 5.56 Å². The van der Waals surface area contributed by atoms with Crippen molar-refractivity contribution in [3.63, 3.8) is 0 Å². The van der Waals surface area contributed by atoms with Crippen LogP contribution in [0.15, 0.2) is 30.6 Å². The molecule has 0 fully saturated rings. The van der Waals surface area contributed by atoms with Crippen molar-refractivity contribution in [2.75, 3.05) is 13.6 Å². The summed E-state index contributed by atoms with van der Waals surface area (Å²) < 4.78 is 0. The zero-order valence-electron chi connectivity index (χ0n) is 13.8. The van der Waals surface area contributed by atoms with Gasteiger partial charge in [0, 0.05) is 38.1 Å². The second-order valence-corrected chi connectivity index (χ2v) is 6.69. The molecule has 0 spiro atoms. The molecule has 1 aliphatic rings. The van der Waals surface area contributed by atoms with Gasteiger partial charge in [0.05, 0.1) is 12.0 Å². The highest BCUT2D eigenvalue weighted by Crippen LogP contribution is 2.24. The van der Waals surface area contributed by atoms with Gasteiger partial charge in [-0.05, 0) is 43.4 Å². The van der Waals surface area contributed by atoms with E-state index in [0.29, 0.717) is 0 Å². The molecule has 1 aromatic carbocycles. The first kappa shape index (κ1) is 18.8. The Morgan fingerprint density at radius 1 is 1.42 bits per heavy atom. The Hall–Kier alpha value is -1.52. The molecule has 24 heavy (non-hydrogen) atoms. The number of hydrogen-bond acceptors (Lipinski definition) is 2. The van der Waals surface area contributed by atoms with Gasteiger partial charge in [-0.1, -0.05) is 23.7 Å². The summed E-state index contributed by atoms with van der Waals surface area (Å²) >= 11 is 5.89. The number of fused-ring (bicyclic) bond motifs is 1. The third-order valence-corrected chi connectivity index (χ3v) is 4.84. The predicted octanol–water partition coefficient (Wildman–Crippen LogP) is 3.93. The quantitative estimate of drug-likeness (QED) is 0.867. The molecule has 1 heterocycles. The van der Waals surface area contributed by atoms with E-state index in [4.69, 9.17) is 11.6 Å². The summed E-state index contributed by atoms with van der Waals surface area (Å²) in [4.78, 5) is 21.9. The fourth-order valence-electron chi connectivity index (χ4n) is 3.21. The summed E-state index contributed by atoms with van der Waals surface area (Å²) in [5.41, 5.74) is 3.51. The molecule has 0 saturated heterocycles. The van der Waals surface area contributed by atoms with Crippen molar-refractivity contribution in [3.8, 4) is 0 Å². The largest absolute Gasteiger partial charge is 0.348 e. The third-order valence-electron chi connectivity index (χ3n) is 4.59. The lowest BCUT2D eigenvalue weighted by Gasteiger charge is -2.26. The van der Waals surface area contributed by atoms with Gasteiger partial charge in [-0.25, -0.2) is 4.98 Å². The van der Waals surface area contributed by atoms with Gasteiger partial charge in [-0.15, -0.1) is 12.4 Å². The second kappa shape index (κ2) is 8.54. The Labute approximate surface area is 155 Å². The fraction of sp³-hybridized carbons (Fsp3) is 0.444. The monoisotopic (exact) mass is 369 g/mol. The maximum atomic E-state index is 12.6. The van der Waals surface area contributed by atoms with Crippen LogP contribution in [0.5, 0.6) is 0 Å². The van der Waals surface area contributed by atoms with Crippen LogP contribution >= 0.6 is 24.0 Å². The summed E-state index contributed by atoms with van der Waals surface area (Å²) in [5, 5.41) is 0.761. The summed E-state index contributed by atoms with van der Waals surface area (Å²) in [7, 11) is 1.91. The Morgan fingerprint density at radius 3 is 2.92 bits per heavy atom. The van der Waals surface area contributed by atoms with Gasteiger partial charge in [-0.3, -0.25) is 4.79 Å². The SMILES string of the molecule is CN(CCCc1ccc(Cl)cc1)C(=O)C1CCc2nc[nH]c2C1.Cl.[HH]. The van der Waals surface area contributed by atoms with E-state index < -0.39 is 0 Å². The lowest BCUT2D eigenvalue weighted by Crippen LogP contribution is -2.36. The molecule has 1 amide bonds. The highest BCUT2D eigenvalue weighted by atomic mass is 35.5. The number of nitrogens with one attached hydrogen (secondary N) is 1. The molecule has 0 bridgehead atoms. The third kappa shape index (κ3) is 4.52. The summed E-state index contributed by atoms with van der Waals surface area (Å²) in [6.07, 6.45) is 6.24. The summed E-state index contributed by atoms with van der Waals surface area (Å²) in [6, 6.07) is 7.92. The van der Waals surface area contributed by atoms with E-state index in [9.17, 15) is 4.79 Å². The van der Waals surface area contributed by atoms with Gasteiger partial charge in [0.1, 0.15) is 0 Å². The van der Waals surface area contributed by atoms with Crippen LogP contribution in [0.1, 0.15) is 31.2 Å². The molecule has 0 saturated carbocycles. The Balaban J connectivity index is 0.00000156. The average molecular weight is 370 g/mol. The number of imidazole rings is 1. The molecule has 4 nitrogen and oxygen atoms in total. The molecule has 0 aliphatic heterocycles. The Morgan fingerprint density at radius 2 is 2.17 bits per heavy atom. The molecule has 1 aromatic heterocycles. The Kier molecular flexibility index (Phi) is 6.69. The zero-order chi connectivity index (χ0) is 16.2. The molecule has 1 atom stereocenters. The molecule has 3 rings (SSSR count). The molecule has 2 aromatic rings. The number of amides is 1. The first-order valence-corrected chi connectivity index (χ1v) is 8.52. The molecular weight excluding hydrogens is 345 g/mol. The van der Waals surface area contributed by atoms with Crippen molar-refractivity contribution < 1.29 is 6.22 Å². The highest BCUT2D eigenvalue weighted by Gasteiger charge is 2.27. The van der Waals surface area contributed by atoms with Crippen LogP contribution in [0, 0.1) is 5.92 Å². The zero-order valence-corrected chi connectivity index (χ0v) is 15.4. The smallest absolute Gasteiger partial charge is 0.225 e. The maximum absolute atomic E-state index is 12.6. The number of H-pyrrole nitrogens is 1. The number of halogens is 2. The van der Waals surface area contributed by atoms with E-state index in [-0.39, 0.29) is 25.7 Å². The number of hydrogen-bond donors (Lipinski definition) is 1. The standard InChI is InChI=1S/C18H22ClN3O.ClH.H2/c1-22(10-2-3-13-4-7-15(19)8-5-13)18(23)14-6-9-16-17(11-14)21-12-20-16;;/h4-5,7-8,12,14H,2-3,6,9-11H2,1H3,(H,20,21);2*1H.